The lowest BCUT2D eigenvalue weighted by atomic mass is 10.2. The molecule has 31 heavy (non-hydrogen) atoms. The minimum absolute atomic E-state index is 0.0245. The number of nitrogens with zero attached hydrogens (tertiary/aromatic N) is 1. The third kappa shape index (κ3) is 5.50. The molecule has 0 atom stereocenters. The Hall–Kier alpha value is -3.17. The normalized spacial score (nSPS) is 11.6. The third-order valence-electron chi connectivity index (χ3n) is 4.26. The smallest absolute Gasteiger partial charge is 0.261 e. The number of carbonyl (C=O) groups is 1. The molecule has 1 amide bonds. The number of benzene rings is 2. The predicted octanol–water partition coefficient (Wildman–Crippen LogP) is 5.10. The first-order chi connectivity index (χ1) is 14.7. The number of nitrogens with one attached hydrogen (secondary N) is 2. The zero-order valence-corrected chi connectivity index (χ0v) is 18.2. The molecule has 3 rings (SSSR count). The first-order valence-corrected chi connectivity index (χ1v) is 11.1. The fourth-order valence-electron chi connectivity index (χ4n) is 2.58. The second-order valence-electron chi connectivity index (χ2n) is 6.55. The fourth-order valence-corrected chi connectivity index (χ4v) is 3.81. The highest BCUT2D eigenvalue weighted by Gasteiger charge is 2.15. The molecule has 7 nitrogen and oxygen atoms in total. The molecule has 0 saturated carbocycles. The molecule has 0 unspecified atom stereocenters. The summed E-state index contributed by atoms with van der Waals surface area (Å²) in [5.74, 6) is -0.420. The first-order valence-electron chi connectivity index (χ1n) is 9.21. The van der Waals surface area contributed by atoms with Gasteiger partial charge in [-0.25, -0.2) is 12.8 Å². The largest absolute Gasteiger partial charge is 0.354 e. The van der Waals surface area contributed by atoms with Gasteiger partial charge in [0.05, 0.1) is 15.6 Å². The van der Waals surface area contributed by atoms with E-state index in [1.807, 2.05) is 0 Å². The van der Waals surface area contributed by atoms with Crippen LogP contribution in [0.2, 0.25) is 5.02 Å². The Morgan fingerprint density at radius 3 is 2.55 bits per heavy atom. The van der Waals surface area contributed by atoms with Crippen molar-refractivity contribution in [3.63, 3.8) is 0 Å². The van der Waals surface area contributed by atoms with E-state index in [0.717, 1.165) is 6.07 Å². The Labute approximate surface area is 184 Å². The predicted molar refractivity (Wildman–Crippen MR) is 118 cm³/mol. The van der Waals surface area contributed by atoms with Gasteiger partial charge in [0.2, 0.25) is 5.91 Å². The zero-order valence-electron chi connectivity index (χ0n) is 16.6. The lowest BCUT2D eigenvalue weighted by molar-refractivity contribution is -0.115. The van der Waals surface area contributed by atoms with Crippen molar-refractivity contribution in [2.45, 2.75) is 25.2 Å². The van der Waals surface area contributed by atoms with Gasteiger partial charge in [0.25, 0.3) is 10.0 Å². The number of amides is 1. The highest BCUT2D eigenvalue weighted by molar-refractivity contribution is 7.92. The molecular weight excluding hydrogens is 445 g/mol. The van der Waals surface area contributed by atoms with E-state index in [2.05, 4.69) is 15.2 Å². The fraction of sp³-hybridized carbons (Fsp3) is 0.143. The molecule has 2 N–H and O–H groups in total. The minimum atomic E-state index is -3.88. The van der Waals surface area contributed by atoms with E-state index in [9.17, 15) is 17.6 Å². The maximum Gasteiger partial charge on any atom is 0.261 e. The van der Waals surface area contributed by atoms with E-state index in [0.29, 0.717) is 29.1 Å². The van der Waals surface area contributed by atoms with Crippen LogP contribution in [0, 0.1) is 12.7 Å². The summed E-state index contributed by atoms with van der Waals surface area (Å²) in [4.78, 5) is 11.7. The van der Waals surface area contributed by atoms with Crippen molar-refractivity contribution in [2.75, 3.05) is 10.0 Å². The molecule has 0 spiro atoms. The number of hydrogen-bond acceptors (Lipinski definition) is 5. The number of carbonyl (C=O) groups excluding carboxylic acids is 1. The molecule has 0 radical (unpaired) electrons. The summed E-state index contributed by atoms with van der Waals surface area (Å²) < 4.78 is 45.9. The van der Waals surface area contributed by atoms with Crippen LogP contribution in [-0.4, -0.2) is 19.5 Å². The van der Waals surface area contributed by atoms with E-state index >= 15 is 0 Å². The van der Waals surface area contributed by atoms with Crippen LogP contribution < -0.4 is 10.0 Å². The second kappa shape index (κ2) is 9.32. The molecule has 1 aromatic heterocycles. The highest BCUT2D eigenvalue weighted by atomic mass is 35.5. The van der Waals surface area contributed by atoms with Gasteiger partial charge >= 0.3 is 0 Å². The highest BCUT2D eigenvalue weighted by Crippen LogP contribution is 2.24. The van der Waals surface area contributed by atoms with Gasteiger partial charge in [0.15, 0.2) is 5.76 Å². The van der Waals surface area contributed by atoms with Crippen molar-refractivity contribution < 1.29 is 22.1 Å². The molecule has 0 aliphatic rings. The van der Waals surface area contributed by atoms with Crippen molar-refractivity contribution in [3.05, 3.63) is 70.3 Å². The monoisotopic (exact) mass is 463 g/mol. The molecule has 0 saturated heterocycles. The number of sulfonamides is 1. The summed E-state index contributed by atoms with van der Waals surface area (Å²) >= 11 is 5.69. The number of aryl methyl sites for hydroxylation is 1. The maximum absolute atomic E-state index is 13.3. The molecule has 0 aliphatic heterocycles. The van der Waals surface area contributed by atoms with Gasteiger partial charge in [-0.05, 0) is 48.9 Å². The Morgan fingerprint density at radius 1 is 1.19 bits per heavy atom. The summed E-state index contributed by atoms with van der Waals surface area (Å²) in [6.45, 7) is 3.45. The Balaban J connectivity index is 1.76. The average Bonchev–Trinajstić information content (AvgIpc) is 3.08. The van der Waals surface area contributed by atoms with Crippen LogP contribution in [0.5, 0.6) is 0 Å². The Bertz CT molecular complexity index is 1240. The first kappa shape index (κ1) is 22.5. The minimum Gasteiger partial charge on any atom is -0.354 e. The van der Waals surface area contributed by atoms with Gasteiger partial charge in [0, 0.05) is 6.42 Å². The maximum atomic E-state index is 13.3. The third-order valence-corrected chi connectivity index (χ3v) is 5.95. The van der Waals surface area contributed by atoms with Crippen LogP contribution in [0.25, 0.3) is 12.2 Å². The van der Waals surface area contributed by atoms with Gasteiger partial charge < -0.3 is 9.84 Å². The van der Waals surface area contributed by atoms with Crippen LogP contribution in [0.4, 0.5) is 15.8 Å². The SMILES string of the molecule is CCC(=O)Nc1c(C)noc1C=Cc1ccc(S(=O)(=O)Nc2ccc(F)c(Cl)c2)cc1. The molecule has 3 aromatic rings. The van der Waals surface area contributed by atoms with Crippen LogP contribution in [0.3, 0.4) is 0 Å². The van der Waals surface area contributed by atoms with Gasteiger partial charge in [-0.15, -0.1) is 0 Å². The van der Waals surface area contributed by atoms with Gasteiger partial charge in [-0.2, -0.15) is 0 Å². The molecule has 2 aromatic carbocycles. The van der Waals surface area contributed by atoms with E-state index in [4.69, 9.17) is 16.1 Å². The Morgan fingerprint density at radius 2 is 1.90 bits per heavy atom. The standard InChI is InChI=1S/C21H19ClFN3O4S/c1-3-20(27)24-21-13(2)25-30-19(21)11-6-14-4-8-16(9-5-14)31(28,29)26-15-7-10-18(23)17(22)12-15/h4-12,26H,3H2,1-2H3,(H,24,27). The second-order valence-corrected chi connectivity index (χ2v) is 8.64. The van der Waals surface area contributed by atoms with E-state index in [1.54, 1.807) is 38.1 Å². The summed E-state index contributed by atoms with van der Waals surface area (Å²) in [5, 5.41) is 6.41. The number of rotatable bonds is 7. The van der Waals surface area contributed by atoms with Gasteiger partial charge in [-0.1, -0.05) is 41.9 Å². The lowest BCUT2D eigenvalue weighted by Gasteiger charge is -2.09. The van der Waals surface area contributed by atoms with E-state index < -0.39 is 15.8 Å². The van der Waals surface area contributed by atoms with Crippen LogP contribution in [0.1, 0.15) is 30.4 Å². The summed E-state index contributed by atoms with van der Waals surface area (Å²) in [6, 6.07) is 9.63. The van der Waals surface area contributed by atoms with Crippen molar-refractivity contribution in [2.24, 2.45) is 0 Å². The van der Waals surface area contributed by atoms with Crippen LogP contribution in [-0.2, 0) is 14.8 Å². The molecule has 1 heterocycles. The zero-order chi connectivity index (χ0) is 22.6. The molecule has 162 valence electrons. The summed E-state index contributed by atoms with van der Waals surface area (Å²) in [6.07, 6.45) is 3.65. The number of aromatic nitrogens is 1. The lowest BCUT2D eigenvalue weighted by Crippen LogP contribution is -2.12. The van der Waals surface area contributed by atoms with E-state index in [-0.39, 0.29) is 21.5 Å². The topological polar surface area (TPSA) is 101 Å². The molecular formula is C21H19ClFN3O4S. The van der Waals surface area contributed by atoms with E-state index in [1.165, 1.54) is 24.3 Å². The molecule has 10 heteroatoms. The van der Waals surface area contributed by atoms with Crippen molar-refractivity contribution in [1.29, 1.82) is 0 Å². The van der Waals surface area contributed by atoms with Crippen molar-refractivity contribution in [1.82, 2.24) is 5.16 Å². The van der Waals surface area contributed by atoms with Gasteiger partial charge in [-0.3, -0.25) is 9.52 Å². The number of halogens is 2. The van der Waals surface area contributed by atoms with Crippen molar-refractivity contribution >= 4 is 51.1 Å². The van der Waals surface area contributed by atoms with Crippen molar-refractivity contribution in [3.8, 4) is 0 Å². The van der Waals surface area contributed by atoms with Gasteiger partial charge in [0.1, 0.15) is 17.2 Å². The molecule has 0 fully saturated rings. The van der Waals surface area contributed by atoms with Crippen LogP contribution in [0.15, 0.2) is 51.9 Å². The van der Waals surface area contributed by atoms with Crippen LogP contribution >= 0.6 is 11.6 Å². The molecule has 0 bridgehead atoms. The summed E-state index contributed by atoms with van der Waals surface area (Å²) in [5.41, 5.74) is 1.89. The number of hydrogen-bond donors (Lipinski definition) is 2. The number of anilines is 2. The summed E-state index contributed by atoms with van der Waals surface area (Å²) in [7, 11) is -3.88. The molecule has 0 aliphatic carbocycles. The average molecular weight is 464 g/mol. The Kier molecular flexibility index (Phi) is 6.77. The quantitative estimate of drug-likeness (QED) is 0.508.